The van der Waals surface area contributed by atoms with E-state index in [0.29, 0.717) is 13.1 Å². The molecule has 2 aromatic rings. The normalized spacial score (nSPS) is 14.8. The van der Waals surface area contributed by atoms with Crippen LogP contribution in [0.2, 0.25) is 0 Å². The smallest absolute Gasteiger partial charge is 0.205 e. The topological polar surface area (TPSA) is 69.8 Å². The second kappa shape index (κ2) is 11.3. The van der Waals surface area contributed by atoms with E-state index < -0.39 is 0 Å². The van der Waals surface area contributed by atoms with Crippen molar-refractivity contribution in [3.8, 4) is 0 Å². The molecule has 0 spiro atoms. The van der Waals surface area contributed by atoms with Gasteiger partial charge in [-0.3, -0.25) is 4.99 Å². The maximum atomic E-state index is 5.38. The van der Waals surface area contributed by atoms with Crippen molar-refractivity contribution in [3.63, 3.8) is 0 Å². The molecule has 1 saturated heterocycles. The zero-order valence-corrected chi connectivity index (χ0v) is 18.8. The van der Waals surface area contributed by atoms with E-state index in [4.69, 9.17) is 9.41 Å². The summed E-state index contributed by atoms with van der Waals surface area (Å²) in [7, 11) is 0. The van der Waals surface area contributed by atoms with Crippen molar-refractivity contribution < 1.29 is 4.42 Å². The van der Waals surface area contributed by atoms with Gasteiger partial charge in [0, 0.05) is 63.6 Å². The van der Waals surface area contributed by atoms with E-state index in [1.807, 2.05) is 18.2 Å². The summed E-state index contributed by atoms with van der Waals surface area (Å²) < 4.78 is 9.77. The van der Waals surface area contributed by atoms with Crippen molar-refractivity contribution in [2.45, 2.75) is 19.8 Å². The molecule has 9 heteroatoms. The van der Waals surface area contributed by atoms with Crippen LogP contribution in [0.15, 0.2) is 40.5 Å². The number of halogens is 1. The number of hydrogen-bond donors (Lipinski definition) is 1. The van der Waals surface area contributed by atoms with Crippen molar-refractivity contribution in [2.75, 3.05) is 44.2 Å². The van der Waals surface area contributed by atoms with Crippen LogP contribution >= 0.6 is 35.5 Å². The molecule has 0 aliphatic carbocycles. The summed E-state index contributed by atoms with van der Waals surface area (Å²) in [6, 6.07) is 3.89. The molecule has 1 fully saturated rings. The zero-order valence-electron chi connectivity index (χ0n) is 15.6. The number of nitrogens with zero attached hydrogens (tertiary/aromatic N) is 5. The van der Waals surface area contributed by atoms with Crippen LogP contribution in [0, 0.1) is 0 Å². The fraction of sp³-hybridized carbons (Fsp3) is 0.500. The number of aliphatic imine (C=N–C) groups is 1. The minimum Gasteiger partial charge on any atom is -0.469 e. The molecule has 2 aromatic heterocycles. The molecule has 0 unspecified atom stereocenters. The number of guanidine groups is 1. The van der Waals surface area contributed by atoms with E-state index in [-0.39, 0.29) is 24.0 Å². The number of rotatable bonds is 7. The molecule has 0 saturated carbocycles. The molecule has 0 bridgehead atoms. The zero-order chi connectivity index (χ0) is 18.2. The first-order valence-electron chi connectivity index (χ1n) is 9.04. The Morgan fingerprint density at radius 3 is 2.85 bits per heavy atom. The predicted octanol–water partition coefficient (Wildman–Crippen LogP) is 2.81. The second-order valence-corrected chi connectivity index (χ2v) is 6.76. The van der Waals surface area contributed by atoms with Gasteiger partial charge in [0.25, 0.3) is 0 Å². The average Bonchev–Trinajstić information content (AvgIpc) is 3.36. The second-order valence-electron chi connectivity index (χ2n) is 6.03. The molecule has 0 aromatic carbocycles. The fourth-order valence-electron chi connectivity index (χ4n) is 2.78. The summed E-state index contributed by atoms with van der Waals surface area (Å²) in [5, 5.41) is 4.40. The molecule has 1 N–H and O–H groups in total. The third-order valence-corrected chi connectivity index (χ3v) is 5.04. The van der Waals surface area contributed by atoms with E-state index in [0.717, 1.165) is 61.7 Å². The monoisotopic (exact) mass is 502 g/mol. The third-order valence-electron chi connectivity index (χ3n) is 4.23. The van der Waals surface area contributed by atoms with Crippen molar-refractivity contribution in [1.82, 2.24) is 19.6 Å². The third kappa shape index (κ3) is 6.20. The Balaban J connectivity index is 0.00000261. The van der Waals surface area contributed by atoms with Crippen molar-refractivity contribution in [1.29, 1.82) is 0 Å². The van der Waals surface area contributed by atoms with Crippen molar-refractivity contribution in [2.24, 2.45) is 4.99 Å². The van der Waals surface area contributed by atoms with E-state index in [1.54, 1.807) is 6.26 Å². The largest absolute Gasteiger partial charge is 0.469 e. The van der Waals surface area contributed by atoms with Crippen LogP contribution in [-0.4, -0.2) is 59.5 Å². The first-order chi connectivity index (χ1) is 12.8. The van der Waals surface area contributed by atoms with Crippen LogP contribution in [0.1, 0.15) is 18.5 Å². The van der Waals surface area contributed by atoms with Gasteiger partial charge >= 0.3 is 0 Å². The molecule has 3 rings (SSSR count). The van der Waals surface area contributed by atoms with Crippen LogP contribution in [0.4, 0.5) is 5.13 Å². The summed E-state index contributed by atoms with van der Waals surface area (Å²) in [6.07, 6.45) is 5.24. The van der Waals surface area contributed by atoms with Gasteiger partial charge < -0.3 is 19.5 Å². The Morgan fingerprint density at radius 1 is 1.41 bits per heavy atom. The highest BCUT2D eigenvalue weighted by Crippen LogP contribution is 2.19. The predicted molar refractivity (Wildman–Crippen MR) is 121 cm³/mol. The van der Waals surface area contributed by atoms with E-state index in [2.05, 4.69) is 38.0 Å². The number of aromatic nitrogens is 2. The highest BCUT2D eigenvalue weighted by molar-refractivity contribution is 14.0. The van der Waals surface area contributed by atoms with Gasteiger partial charge in [0.1, 0.15) is 11.6 Å². The number of hydrogen-bond acceptors (Lipinski definition) is 6. The summed E-state index contributed by atoms with van der Waals surface area (Å²) >= 11 is 1.49. The van der Waals surface area contributed by atoms with Gasteiger partial charge in [0.2, 0.25) is 5.13 Å². The van der Waals surface area contributed by atoms with Crippen molar-refractivity contribution in [3.05, 3.63) is 42.6 Å². The van der Waals surface area contributed by atoms with E-state index in [1.165, 1.54) is 11.5 Å². The lowest BCUT2D eigenvalue weighted by atomic mass is 10.3. The van der Waals surface area contributed by atoms with E-state index in [9.17, 15) is 0 Å². The molecule has 0 amide bonds. The molecule has 3 heterocycles. The van der Waals surface area contributed by atoms with Gasteiger partial charge in [0.15, 0.2) is 5.96 Å². The van der Waals surface area contributed by atoms with Crippen LogP contribution in [0.25, 0.3) is 0 Å². The number of furan rings is 1. The maximum Gasteiger partial charge on any atom is 0.205 e. The summed E-state index contributed by atoms with van der Waals surface area (Å²) in [5.41, 5.74) is 0. The van der Waals surface area contributed by atoms with Gasteiger partial charge in [-0.25, -0.2) is 4.98 Å². The quantitative estimate of drug-likeness (QED) is 0.272. The molecular formula is C18H27IN6OS. The number of nitrogens with one attached hydrogen (secondary N) is 1. The molecule has 0 atom stereocenters. The lowest BCUT2D eigenvalue weighted by molar-refractivity contribution is 0.373. The van der Waals surface area contributed by atoms with Gasteiger partial charge in [-0.05, 0) is 12.1 Å². The summed E-state index contributed by atoms with van der Waals surface area (Å²) in [5.74, 6) is 2.83. The molecule has 148 valence electrons. The van der Waals surface area contributed by atoms with Crippen LogP contribution < -0.4 is 10.2 Å². The Morgan fingerprint density at radius 2 is 2.22 bits per heavy atom. The molecular weight excluding hydrogens is 475 g/mol. The lowest BCUT2D eigenvalue weighted by Gasteiger charge is -2.36. The van der Waals surface area contributed by atoms with Crippen LogP contribution in [-0.2, 0) is 12.8 Å². The molecule has 1 aliphatic rings. The molecule has 7 nitrogen and oxygen atoms in total. The SMILES string of the molecule is C=CCNC(=NCCc1ccco1)N1CCN(c2nc(CC)ns2)CC1.I. The van der Waals surface area contributed by atoms with Crippen LogP contribution in [0.3, 0.4) is 0 Å². The number of piperazine rings is 1. The Hall–Kier alpha value is -1.62. The standard InChI is InChI=1S/C18H26N6OS.HI/c1-3-8-19-17(20-9-7-15-6-5-14-25-15)23-10-12-24(13-11-23)18-21-16(4-2)22-26-18;/h3,5-6,14H,1,4,7-13H2,2H3,(H,19,20);1H. The fourth-order valence-corrected chi connectivity index (χ4v) is 3.59. The minimum absolute atomic E-state index is 0. The minimum atomic E-state index is 0. The maximum absolute atomic E-state index is 5.38. The lowest BCUT2D eigenvalue weighted by Crippen LogP contribution is -2.52. The Labute approximate surface area is 181 Å². The Bertz CT molecular complexity index is 709. The molecule has 1 aliphatic heterocycles. The van der Waals surface area contributed by atoms with Gasteiger partial charge in [0.05, 0.1) is 6.26 Å². The Kier molecular flexibility index (Phi) is 9.05. The van der Waals surface area contributed by atoms with Crippen LogP contribution in [0.5, 0.6) is 0 Å². The first kappa shape index (κ1) is 21.7. The summed E-state index contributed by atoms with van der Waals surface area (Å²) in [4.78, 5) is 14.0. The van der Waals surface area contributed by atoms with E-state index >= 15 is 0 Å². The first-order valence-corrected chi connectivity index (χ1v) is 9.81. The highest BCUT2D eigenvalue weighted by atomic mass is 127. The number of anilines is 1. The van der Waals surface area contributed by atoms with Gasteiger partial charge in [-0.1, -0.05) is 13.0 Å². The van der Waals surface area contributed by atoms with Crippen molar-refractivity contribution >= 4 is 46.6 Å². The molecule has 27 heavy (non-hydrogen) atoms. The number of aryl methyl sites for hydroxylation is 1. The van der Waals surface area contributed by atoms with Gasteiger partial charge in [-0.2, -0.15) is 4.37 Å². The average molecular weight is 502 g/mol. The summed E-state index contributed by atoms with van der Waals surface area (Å²) in [6.45, 7) is 10.9. The molecule has 0 radical (unpaired) electrons. The highest BCUT2D eigenvalue weighted by Gasteiger charge is 2.22. The van der Waals surface area contributed by atoms with Gasteiger partial charge in [-0.15, -0.1) is 30.6 Å².